The summed E-state index contributed by atoms with van der Waals surface area (Å²) < 4.78 is 0. The predicted molar refractivity (Wildman–Crippen MR) is 78.6 cm³/mol. The Morgan fingerprint density at radius 1 is 1.21 bits per heavy atom. The van der Waals surface area contributed by atoms with Crippen LogP contribution in [0.1, 0.15) is 38.7 Å². The van der Waals surface area contributed by atoms with Crippen molar-refractivity contribution < 1.29 is 0 Å². The summed E-state index contributed by atoms with van der Waals surface area (Å²) in [5.74, 6) is 4.00. The van der Waals surface area contributed by atoms with Gasteiger partial charge in [0, 0.05) is 25.2 Å². The molecule has 2 fully saturated rings. The second-order valence-electron chi connectivity index (χ2n) is 5.76. The number of hydrogen-bond donors (Lipinski definition) is 1. The van der Waals surface area contributed by atoms with Crippen LogP contribution in [0.15, 0.2) is 6.33 Å². The topological polar surface area (TPSA) is 41.1 Å². The number of aromatic nitrogens is 2. The Kier molecular flexibility index (Phi) is 3.58. The molecule has 4 nitrogen and oxygen atoms in total. The molecule has 2 aliphatic rings. The van der Waals surface area contributed by atoms with E-state index in [1.807, 2.05) is 0 Å². The van der Waals surface area contributed by atoms with E-state index in [0.717, 1.165) is 30.6 Å². The quantitative estimate of drug-likeness (QED) is 0.903. The van der Waals surface area contributed by atoms with Crippen LogP contribution in [0.5, 0.6) is 0 Å². The minimum atomic E-state index is 0.905. The molecule has 1 aliphatic carbocycles. The molecule has 0 bridgehead atoms. The molecule has 2 heterocycles. The SMILES string of the molecule is CCNc1ncnc(N2CC3CCCC3C2)c1CC. The fourth-order valence-electron chi connectivity index (χ4n) is 3.73. The first-order chi connectivity index (χ1) is 9.33. The lowest BCUT2D eigenvalue weighted by Crippen LogP contribution is -2.24. The molecule has 19 heavy (non-hydrogen) atoms. The molecule has 0 amide bonds. The molecular weight excluding hydrogens is 236 g/mol. The third kappa shape index (κ3) is 2.28. The van der Waals surface area contributed by atoms with E-state index in [2.05, 4.69) is 34.0 Å². The molecule has 1 saturated heterocycles. The molecule has 104 valence electrons. The van der Waals surface area contributed by atoms with Crippen LogP contribution in [0.3, 0.4) is 0 Å². The van der Waals surface area contributed by atoms with Crippen LogP contribution in [-0.4, -0.2) is 29.6 Å². The summed E-state index contributed by atoms with van der Waals surface area (Å²) in [4.78, 5) is 11.5. The van der Waals surface area contributed by atoms with Crippen molar-refractivity contribution in [2.24, 2.45) is 11.8 Å². The highest BCUT2D eigenvalue weighted by Crippen LogP contribution is 2.40. The van der Waals surface area contributed by atoms with Gasteiger partial charge in [0.05, 0.1) is 0 Å². The first-order valence-electron chi connectivity index (χ1n) is 7.66. The summed E-state index contributed by atoms with van der Waals surface area (Å²) >= 11 is 0. The van der Waals surface area contributed by atoms with Crippen LogP contribution in [0, 0.1) is 11.8 Å². The molecule has 0 spiro atoms. The molecule has 2 atom stereocenters. The molecule has 2 unspecified atom stereocenters. The average molecular weight is 260 g/mol. The van der Waals surface area contributed by atoms with Crippen LogP contribution in [0.4, 0.5) is 11.6 Å². The van der Waals surface area contributed by atoms with E-state index in [-0.39, 0.29) is 0 Å². The van der Waals surface area contributed by atoms with Gasteiger partial charge in [-0.05, 0) is 38.0 Å². The van der Waals surface area contributed by atoms with Crippen molar-refractivity contribution in [2.45, 2.75) is 39.5 Å². The molecule has 4 heteroatoms. The van der Waals surface area contributed by atoms with Gasteiger partial charge in [0.2, 0.25) is 0 Å². The largest absolute Gasteiger partial charge is 0.370 e. The van der Waals surface area contributed by atoms with Gasteiger partial charge in [-0.25, -0.2) is 9.97 Å². The monoisotopic (exact) mass is 260 g/mol. The number of hydrogen-bond acceptors (Lipinski definition) is 4. The molecule has 1 aromatic heterocycles. The number of anilines is 2. The zero-order chi connectivity index (χ0) is 13.2. The van der Waals surface area contributed by atoms with Crippen LogP contribution in [0.2, 0.25) is 0 Å². The first-order valence-corrected chi connectivity index (χ1v) is 7.66. The minimum absolute atomic E-state index is 0.905. The maximum absolute atomic E-state index is 4.58. The number of fused-ring (bicyclic) bond motifs is 1. The Labute approximate surface area is 115 Å². The Hall–Kier alpha value is -1.32. The lowest BCUT2D eigenvalue weighted by molar-refractivity contribution is 0.494. The normalized spacial score (nSPS) is 25.7. The third-order valence-electron chi connectivity index (χ3n) is 4.65. The molecule has 0 aromatic carbocycles. The number of nitrogens with zero attached hydrogens (tertiary/aromatic N) is 3. The lowest BCUT2D eigenvalue weighted by atomic mass is 10.0. The van der Waals surface area contributed by atoms with Crippen molar-refractivity contribution in [1.82, 2.24) is 9.97 Å². The van der Waals surface area contributed by atoms with Crippen LogP contribution >= 0.6 is 0 Å². The van der Waals surface area contributed by atoms with Crippen LogP contribution in [0.25, 0.3) is 0 Å². The standard InChI is InChI=1S/C15H24N4/c1-3-13-14(16-4-2)17-10-18-15(13)19-8-11-6-5-7-12(11)9-19/h10-12H,3-9H2,1-2H3,(H,16,17,18). The van der Waals surface area contributed by atoms with Crippen LogP contribution < -0.4 is 10.2 Å². The predicted octanol–water partition coefficient (Wildman–Crippen LogP) is 2.71. The van der Waals surface area contributed by atoms with Gasteiger partial charge in [0.1, 0.15) is 18.0 Å². The van der Waals surface area contributed by atoms with E-state index in [1.54, 1.807) is 6.33 Å². The van der Waals surface area contributed by atoms with E-state index < -0.39 is 0 Å². The summed E-state index contributed by atoms with van der Waals surface area (Å²) in [5, 5.41) is 3.36. The maximum atomic E-state index is 4.58. The Balaban J connectivity index is 1.86. The van der Waals surface area contributed by atoms with E-state index in [0.29, 0.717) is 0 Å². The molecular formula is C15H24N4. The van der Waals surface area contributed by atoms with E-state index in [9.17, 15) is 0 Å². The maximum Gasteiger partial charge on any atom is 0.137 e. The summed E-state index contributed by atoms with van der Waals surface area (Å²) in [7, 11) is 0. The molecule has 1 aromatic rings. The highest BCUT2D eigenvalue weighted by atomic mass is 15.2. The van der Waals surface area contributed by atoms with Gasteiger partial charge in [0.25, 0.3) is 0 Å². The van der Waals surface area contributed by atoms with Gasteiger partial charge < -0.3 is 10.2 Å². The fraction of sp³-hybridized carbons (Fsp3) is 0.733. The minimum Gasteiger partial charge on any atom is -0.370 e. The molecule has 1 N–H and O–H groups in total. The second kappa shape index (κ2) is 5.35. The Bertz CT molecular complexity index is 434. The van der Waals surface area contributed by atoms with Gasteiger partial charge in [-0.15, -0.1) is 0 Å². The van der Waals surface area contributed by atoms with Gasteiger partial charge in [-0.2, -0.15) is 0 Å². The smallest absolute Gasteiger partial charge is 0.137 e. The van der Waals surface area contributed by atoms with Gasteiger partial charge >= 0.3 is 0 Å². The average Bonchev–Trinajstić information content (AvgIpc) is 2.99. The Morgan fingerprint density at radius 3 is 2.58 bits per heavy atom. The highest BCUT2D eigenvalue weighted by molar-refractivity contribution is 5.59. The summed E-state index contributed by atoms with van der Waals surface area (Å²) in [5.41, 5.74) is 1.28. The van der Waals surface area contributed by atoms with Crippen molar-refractivity contribution in [3.8, 4) is 0 Å². The zero-order valence-corrected chi connectivity index (χ0v) is 12.0. The lowest BCUT2D eigenvalue weighted by Gasteiger charge is -2.22. The van der Waals surface area contributed by atoms with Crippen molar-refractivity contribution in [3.63, 3.8) is 0 Å². The van der Waals surface area contributed by atoms with Crippen molar-refractivity contribution in [3.05, 3.63) is 11.9 Å². The van der Waals surface area contributed by atoms with Gasteiger partial charge in [-0.1, -0.05) is 13.3 Å². The summed E-state index contributed by atoms with van der Waals surface area (Å²) in [6, 6.07) is 0. The molecule has 1 saturated carbocycles. The van der Waals surface area contributed by atoms with Crippen molar-refractivity contribution in [2.75, 3.05) is 29.9 Å². The summed E-state index contributed by atoms with van der Waals surface area (Å²) in [6.07, 6.45) is 6.95. The third-order valence-corrected chi connectivity index (χ3v) is 4.65. The Morgan fingerprint density at radius 2 is 1.95 bits per heavy atom. The van der Waals surface area contributed by atoms with Crippen molar-refractivity contribution >= 4 is 11.6 Å². The van der Waals surface area contributed by atoms with Crippen LogP contribution in [-0.2, 0) is 6.42 Å². The number of nitrogens with one attached hydrogen (secondary N) is 1. The highest BCUT2D eigenvalue weighted by Gasteiger charge is 2.37. The number of rotatable bonds is 4. The van der Waals surface area contributed by atoms with Gasteiger partial charge in [0.15, 0.2) is 0 Å². The first kappa shape index (κ1) is 12.7. The molecule has 0 radical (unpaired) electrons. The van der Waals surface area contributed by atoms with E-state index >= 15 is 0 Å². The van der Waals surface area contributed by atoms with Gasteiger partial charge in [-0.3, -0.25) is 0 Å². The van der Waals surface area contributed by atoms with E-state index in [4.69, 9.17) is 0 Å². The molecule has 3 rings (SSSR count). The summed E-state index contributed by atoms with van der Waals surface area (Å²) in [6.45, 7) is 7.61. The fourth-order valence-corrected chi connectivity index (χ4v) is 3.73. The zero-order valence-electron chi connectivity index (χ0n) is 12.0. The molecule has 1 aliphatic heterocycles. The second-order valence-corrected chi connectivity index (χ2v) is 5.76. The van der Waals surface area contributed by atoms with Crippen molar-refractivity contribution in [1.29, 1.82) is 0 Å². The van der Waals surface area contributed by atoms with E-state index in [1.165, 1.54) is 43.7 Å².